The van der Waals surface area contributed by atoms with Gasteiger partial charge in [-0.05, 0) is 66.4 Å². The van der Waals surface area contributed by atoms with Gasteiger partial charge in [-0.1, -0.05) is 72.8 Å². The number of amides is 1. The molecule has 1 amide bonds. The lowest BCUT2D eigenvalue weighted by atomic mass is 10.0. The highest BCUT2D eigenvalue weighted by Crippen LogP contribution is 2.22. The largest absolute Gasteiger partial charge is 0.493 e. The van der Waals surface area contributed by atoms with Gasteiger partial charge in [-0.2, -0.15) is 0 Å². The summed E-state index contributed by atoms with van der Waals surface area (Å²) in [5.41, 5.74) is 5.22. The number of oxazole rings is 1. The van der Waals surface area contributed by atoms with Crippen molar-refractivity contribution in [3.63, 3.8) is 0 Å². The predicted molar refractivity (Wildman–Crippen MR) is 160 cm³/mol. The Bertz CT molecular complexity index is 1630. The minimum Gasteiger partial charge on any atom is -0.493 e. The van der Waals surface area contributed by atoms with Crippen molar-refractivity contribution in [1.29, 1.82) is 0 Å². The van der Waals surface area contributed by atoms with E-state index in [0.717, 1.165) is 34.6 Å². The zero-order chi connectivity index (χ0) is 29.3. The Morgan fingerprint density at radius 1 is 0.833 bits per heavy atom. The van der Waals surface area contributed by atoms with Crippen LogP contribution in [0.15, 0.2) is 114 Å². The van der Waals surface area contributed by atoms with E-state index in [9.17, 15) is 14.7 Å². The van der Waals surface area contributed by atoms with E-state index in [0.29, 0.717) is 30.2 Å². The minimum atomic E-state index is -1.07. The lowest BCUT2D eigenvalue weighted by Gasteiger charge is -2.21. The second kappa shape index (κ2) is 13.5. The lowest BCUT2D eigenvalue weighted by Crippen LogP contribution is -2.35. The van der Waals surface area contributed by atoms with Crippen LogP contribution < -0.4 is 4.74 Å². The third-order valence-corrected chi connectivity index (χ3v) is 6.86. The highest BCUT2D eigenvalue weighted by Gasteiger charge is 2.19. The molecule has 0 fully saturated rings. The summed E-state index contributed by atoms with van der Waals surface area (Å²) < 4.78 is 11.8. The summed E-state index contributed by atoms with van der Waals surface area (Å²) in [6.07, 6.45) is 1.32. The average molecular weight is 561 g/mol. The number of ether oxygens (including phenoxy) is 1. The summed E-state index contributed by atoms with van der Waals surface area (Å²) >= 11 is 0. The molecule has 4 aromatic carbocycles. The maximum absolute atomic E-state index is 13.3. The molecule has 0 saturated heterocycles. The van der Waals surface area contributed by atoms with Gasteiger partial charge in [-0.15, -0.1) is 0 Å². The van der Waals surface area contributed by atoms with Gasteiger partial charge in [0.05, 0.1) is 12.3 Å². The minimum absolute atomic E-state index is 0.136. The molecule has 0 aliphatic carbocycles. The van der Waals surface area contributed by atoms with Gasteiger partial charge in [-0.3, -0.25) is 9.59 Å². The van der Waals surface area contributed by atoms with Gasteiger partial charge < -0.3 is 19.2 Å². The van der Waals surface area contributed by atoms with E-state index < -0.39 is 12.5 Å². The van der Waals surface area contributed by atoms with Crippen molar-refractivity contribution in [2.24, 2.45) is 0 Å². The van der Waals surface area contributed by atoms with Crippen LogP contribution in [-0.4, -0.2) is 40.0 Å². The van der Waals surface area contributed by atoms with Crippen molar-refractivity contribution in [2.75, 3.05) is 13.2 Å². The van der Waals surface area contributed by atoms with Crippen molar-refractivity contribution in [3.8, 4) is 17.2 Å². The number of carboxylic acid groups (broad SMARTS) is 1. The summed E-state index contributed by atoms with van der Waals surface area (Å²) in [6.45, 7) is 2.00. The molecule has 0 radical (unpaired) electrons. The maximum atomic E-state index is 13.3. The first-order valence-corrected chi connectivity index (χ1v) is 13.8. The van der Waals surface area contributed by atoms with Crippen molar-refractivity contribution in [3.05, 3.63) is 143 Å². The van der Waals surface area contributed by atoms with Crippen LogP contribution in [-0.2, 0) is 24.2 Å². The average Bonchev–Trinajstić information content (AvgIpc) is 3.38. The molecule has 0 saturated carbocycles. The molecule has 212 valence electrons. The number of rotatable bonds is 12. The van der Waals surface area contributed by atoms with Crippen LogP contribution in [0, 0.1) is 6.92 Å². The third-order valence-electron chi connectivity index (χ3n) is 6.86. The molecule has 0 unspecified atom stereocenters. The third kappa shape index (κ3) is 7.52. The Morgan fingerprint density at radius 2 is 1.50 bits per heavy atom. The van der Waals surface area contributed by atoms with Crippen molar-refractivity contribution in [2.45, 2.75) is 26.3 Å². The Balaban J connectivity index is 1.21. The summed E-state index contributed by atoms with van der Waals surface area (Å²) in [7, 11) is 0. The monoisotopic (exact) mass is 560 g/mol. The number of aromatic nitrogens is 1. The fraction of sp³-hybridized carbons (Fsp3) is 0.171. The molecule has 7 nitrogen and oxygen atoms in total. The molecule has 7 heteroatoms. The molecule has 0 bridgehead atoms. The van der Waals surface area contributed by atoms with Crippen LogP contribution in [0.25, 0.3) is 11.5 Å². The van der Waals surface area contributed by atoms with Crippen LogP contribution in [0.3, 0.4) is 0 Å². The predicted octanol–water partition coefficient (Wildman–Crippen LogP) is 6.59. The smallest absolute Gasteiger partial charge is 0.323 e. The Labute approximate surface area is 245 Å². The van der Waals surface area contributed by atoms with Gasteiger partial charge in [0.2, 0.25) is 5.89 Å². The summed E-state index contributed by atoms with van der Waals surface area (Å²) in [6, 6.07) is 34.5. The van der Waals surface area contributed by atoms with Gasteiger partial charge in [-0.25, -0.2) is 4.98 Å². The fourth-order valence-corrected chi connectivity index (χ4v) is 4.73. The standard InChI is InChI=1S/C35H32N2O5/c1-25-32(36-34(42-25)29-12-6-3-7-13-29)19-20-41-31-14-8-11-28(22-31)23-37(24-33(38)39)35(40)30-17-15-27(16-18-30)21-26-9-4-2-5-10-26/h2-18,22H,19-21,23-24H2,1H3,(H,38,39). The van der Waals surface area contributed by atoms with Crippen LogP contribution in [0.1, 0.15) is 38.5 Å². The van der Waals surface area contributed by atoms with E-state index in [1.54, 1.807) is 12.1 Å². The van der Waals surface area contributed by atoms with Crippen LogP contribution in [0.2, 0.25) is 0 Å². The summed E-state index contributed by atoms with van der Waals surface area (Å²) in [4.78, 5) is 30.9. The summed E-state index contributed by atoms with van der Waals surface area (Å²) in [5, 5.41) is 9.51. The molecule has 42 heavy (non-hydrogen) atoms. The van der Waals surface area contributed by atoms with Gasteiger partial charge in [0, 0.05) is 24.1 Å². The second-order valence-corrected chi connectivity index (χ2v) is 10.0. The number of aliphatic carboxylic acids is 1. The molecule has 1 heterocycles. The van der Waals surface area contributed by atoms with Gasteiger partial charge >= 0.3 is 5.97 Å². The molecular formula is C35H32N2O5. The number of hydrogen-bond donors (Lipinski definition) is 1. The van der Waals surface area contributed by atoms with E-state index in [-0.39, 0.29) is 12.5 Å². The Hall–Kier alpha value is -5.17. The summed E-state index contributed by atoms with van der Waals surface area (Å²) in [5.74, 6) is 0.547. The van der Waals surface area contributed by atoms with Crippen molar-refractivity contribution in [1.82, 2.24) is 9.88 Å². The number of nitrogens with zero attached hydrogens (tertiary/aromatic N) is 2. The van der Waals surface area contributed by atoms with Gasteiger partial charge in [0.1, 0.15) is 18.1 Å². The molecule has 5 rings (SSSR count). The highest BCUT2D eigenvalue weighted by atomic mass is 16.5. The van der Waals surface area contributed by atoms with Crippen LogP contribution >= 0.6 is 0 Å². The zero-order valence-electron chi connectivity index (χ0n) is 23.4. The Kier molecular flexibility index (Phi) is 9.09. The van der Waals surface area contributed by atoms with E-state index in [1.807, 2.05) is 91.9 Å². The SMILES string of the molecule is Cc1oc(-c2ccccc2)nc1CCOc1cccc(CN(CC(=O)O)C(=O)c2ccc(Cc3ccccc3)cc2)c1. The molecule has 0 aliphatic heterocycles. The second-order valence-electron chi connectivity index (χ2n) is 10.0. The molecule has 0 atom stereocenters. The number of carbonyl (C=O) groups is 2. The van der Waals surface area contributed by atoms with E-state index >= 15 is 0 Å². The zero-order valence-corrected chi connectivity index (χ0v) is 23.4. The normalized spacial score (nSPS) is 10.8. The molecule has 0 spiro atoms. The first-order chi connectivity index (χ1) is 20.4. The van der Waals surface area contributed by atoms with E-state index in [1.165, 1.54) is 10.5 Å². The first-order valence-electron chi connectivity index (χ1n) is 13.8. The van der Waals surface area contributed by atoms with E-state index in [2.05, 4.69) is 17.1 Å². The van der Waals surface area contributed by atoms with Crippen LogP contribution in [0.5, 0.6) is 5.75 Å². The molecule has 0 aliphatic rings. The fourth-order valence-electron chi connectivity index (χ4n) is 4.73. The number of carboxylic acids is 1. The maximum Gasteiger partial charge on any atom is 0.323 e. The number of carbonyl (C=O) groups excluding carboxylic acids is 1. The van der Waals surface area contributed by atoms with Gasteiger partial charge in [0.25, 0.3) is 5.91 Å². The quantitative estimate of drug-likeness (QED) is 0.185. The molecule has 1 N–H and O–H groups in total. The van der Waals surface area contributed by atoms with Gasteiger partial charge in [0.15, 0.2) is 0 Å². The van der Waals surface area contributed by atoms with Crippen molar-refractivity contribution >= 4 is 11.9 Å². The highest BCUT2D eigenvalue weighted by molar-refractivity contribution is 5.95. The number of aryl methyl sites for hydroxylation is 1. The van der Waals surface area contributed by atoms with Crippen molar-refractivity contribution < 1.29 is 23.8 Å². The lowest BCUT2D eigenvalue weighted by molar-refractivity contribution is -0.137. The molecule has 5 aromatic rings. The Morgan fingerprint density at radius 3 is 2.21 bits per heavy atom. The topological polar surface area (TPSA) is 92.9 Å². The van der Waals surface area contributed by atoms with Crippen LogP contribution in [0.4, 0.5) is 0 Å². The number of hydrogen-bond acceptors (Lipinski definition) is 5. The van der Waals surface area contributed by atoms with E-state index in [4.69, 9.17) is 9.15 Å². The number of benzene rings is 4. The first kappa shape index (κ1) is 28.4. The molecular weight excluding hydrogens is 528 g/mol. The molecule has 1 aromatic heterocycles.